The van der Waals surface area contributed by atoms with E-state index in [0.29, 0.717) is 25.1 Å². The monoisotopic (exact) mass is 405 g/mol. The molecule has 1 saturated heterocycles. The number of hydrogen-bond donors (Lipinski definition) is 1. The van der Waals surface area contributed by atoms with Crippen LogP contribution in [0.1, 0.15) is 70.2 Å². The lowest BCUT2D eigenvalue weighted by molar-refractivity contribution is 0.131. The molecular formula is C21H28FN3O4. The van der Waals surface area contributed by atoms with Crippen molar-refractivity contribution >= 4 is 6.09 Å². The molecule has 2 heterocycles. The molecule has 8 heteroatoms. The quantitative estimate of drug-likeness (QED) is 0.530. The van der Waals surface area contributed by atoms with Crippen molar-refractivity contribution < 1.29 is 23.6 Å². The third-order valence-electron chi connectivity index (χ3n) is 5.17. The Kier molecular flexibility index (Phi) is 7.43. The minimum absolute atomic E-state index is 0.207. The molecule has 0 aliphatic carbocycles. The van der Waals surface area contributed by atoms with Crippen LogP contribution in [-0.2, 0) is 0 Å². The third kappa shape index (κ3) is 5.46. The molecular weight excluding hydrogens is 377 g/mol. The van der Waals surface area contributed by atoms with Crippen molar-refractivity contribution in [3.63, 3.8) is 0 Å². The van der Waals surface area contributed by atoms with Gasteiger partial charge in [0, 0.05) is 12.1 Å². The molecule has 7 nitrogen and oxygen atoms in total. The highest BCUT2D eigenvalue weighted by atomic mass is 19.1. The van der Waals surface area contributed by atoms with Gasteiger partial charge in [0.25, 0.3) is 0 Å². The number of amides is 1. The van der Waals surface area contributed by atoms with E-state index in [2.05, 4.69) is 17.1 Å². The summed E-state index contributed by atoms with van der Waals surface area (Å²) in [6, 6.07) is 4.11. The number of likely N-dealkylation sites (tertiary alicyclic amines) is 1. The van der Waals surface area contributed by atoms with Gasteiger partial charge in [-0.3, -0.25) is 4.90 Å². The summed E-state index contributed by atoms with van der Waals surface area (Å²) < 4.78 is 25.2. The fraction of sp³-hybridized carbons (Fsp3) is 0.571. The summed E-state index contributed by atoms with van der Waals surface area (Å²) in [4.78, 5) is 16.9. The minimum Gasteiger partial charge on any atom is -0.491 e. The van der Waals surface area contributed by atoms with Crippen LogP contribution in [0.3, 0.4) is 0 Å². The molecule has 1 aromatic carbocycles. The average Bonchev–Trinajstić information content (AvgIpc) is 3.37. The van der Waals surface area contributed by atoms with Crippen LogP contribution in [-0.4, -0.2) is 39.4 Å². The number of rotatable bonds is 10. The van der Waals surface area contributed by atoms with Crippen molar-refractivity contribution in [2.24, 2.45) is 0 Å². The zero-order chi connectivity index (χ0) is 20.6. The van der Waals surface area contributed by atoms with Gasteiger partial charge in [-0.2, -0.15) is 4.98 Å². The van der Waals surface area contributed by atoms with E-state index in [0.717, 1.165) is 19.3 Å². The molecule has 1 N–H and O–H groups in total. The van der Waals surface area contributed by atoms with E-state index in [9.17, 15) is 14.3 Å². The van der Waals surface area contributed by atoms with Crippen LogP contribution in [0.25, 0.3) is 11.4 Å². The largest absolute Gasteiger partial charge is 0.491 e. The fourth-order valence-electron chi connectivity index (χ4n) is 3.56. The van der Waals surface area contributed by atoms with Gasteiger partial charge >= 0.3 is 6.09 Å². The summed E-state index contributed by atoms with van der Waals surface area (Å²) in [5, 5.41) is 13.1. The van der Waals surface area contributed by atoms with Crippen LogP contribution in [0.5, 0.6) is 5.75 Å². The van der Waals surface area contributed by atoms with Crippen molar-refractivity contribution in [1.29, 1.82) is 0 Å². The molecule has 1 aromatic heterocycles. The Morgan fingerprint density at radius 3 is 2.86 bits per heavy atom. The Hall–Kier alpha value is -2.64. The Morgan fingerprint density at radius 2 is 2.10 bits per heavy atom. The van der Waals surface area contributed by atoms with Crippen LogP contribution in [0.15, 0.2) is 22.7 Å². The van der Waals surface area contributed by atoms with Crippen molar-refractivity contribution in [2.75, 3.05) is 13.2 Å². The van der Waals surface area contributed by atoms with Crippen molar-refractivity contribution in [3.8, 4) is 17.1 Å². The molecule has 0 spiro atoms. The molecule has 2 aromatic rings. The van der Waals surface area contributed by atoms with E-state index >= 15 is 0 Å². The highest BCUT2D eigenvalue weighted by Gasteiger charge is 2.34. The van der Waals surface area contributed by atoms with Gasteiger partial charge in [-0.25, -0.2) is 9.18 Å². The number of benzene rings is 1. The molecule has 0 bridgehead atoms. The molecule has 3 rings (SSSR count). The molecule has 1 aliphatic rings. The lowest BCUT2D eigenvalue weighted by Gasteiger charge is -2.17. The van der Waals surface area contributed by atoms with Gasteiger partial charge in [0.1, 0.15) is 6.04 Å². The number of aromatic nitrogens is 2. The normalized spacial score (nSPS) is 16.3. The van der Waals surface area contributed by atoms with E-state index < -0.39 is 18.0 Å². The summed E-state index contributed by atoms with van der Waals surface area (Å²) in [5.74, 6) is 0.203. The van der Waals surface area contributed by atoms with Gasteiger partial charge in [0.2, 0.25) is 11.7 Å². The number of unbranched alkanes of at least 4 members (excludes halogenated alkanes) is 5. The molecule has 158 valence electrons. The third-order valence-corrected chi connectivity index (χ3v) is 5.17. The number of ether oxygens (including phenoxy) is 1. The van der Waals surface area contributed by atoms with E-state index in [4.69, 9.17) is 9.26 Å². The number of halogens is 1. The highest BCUT2D eigenvalue weighted by Crippen LogP contribution is 2.32. The first kappa shape index (κ1) is 21.1. The van der Waals surface area contributed by atoms with Gasteiger partial charge in [-0.1, -0.05) is 44.2 Å². The number of hydrogen-bond acceptors (Lipinski definition) is 5. The molecule has 1 unspecified atom stereocenters. The van der Waals surface area contributed by atoms with Crippen LogP contribution in [0.4, 0.5) is 9.18 Å². The van der Waals surface area contributed by atoms with Crippen LogP contribution in [0.2, 0.25) is 0 Å². The van der Waals surface area contributed by atoms with Crippen molar-refractivity contribution in [1.82, 2.24) is 15.0 Å². The molecule has 1 fully saturated rings. The van der Waals surface area contributed by atoms with Crippen LogP contribution >= 0.6 is 0 Å². The van der Waals surface area contributed by atoms with E-state index in [1.54, 1.807) is 12.1 Å². The average molecular weight is 405 g/mol. The zero-order valence-corrected chi connectivity index (χ0v) is 16.8. The van der Waals surface area contributed by atoms with E-state index in [1.807, 2.05) is 0 Å². The molecule has 29 heavy (non-hydrogen) atoms. The first-order valence-electron chi connectivity index (χ1n) is 10.4. The van der Waals surface area contributed by atoms with Gasteiger partial charge in [-0.15, -0.1) is 0 Å². The van der Waals surface area contributed by atoms with Crippen molar-refractivity contribution in [3.05, 3.63) is 29.9 Å². The maximum Gasteiger partial charge on any atom is 0.407 e. The summed E-state index contributed by atoms with van der Waals surface area (Å²) in [5.41, 5.74) is 0.462. The maximum atomic E-state index is 14.4. The predicted octanol–water partition coefficient (Wildman–Crippen LogP) is 5.43. The smallest absolute Gasteiger partial charge is 0.407 e. The fourth-order valence-corrected chi connectivity index (χ4v) is 3.56. The van der Waals surface area contributed by atoms with Gasteiger partial charge in [-0.05, 0) is 37.5 Å². The minimum atomic E-state index is -1.01. The molecule has 1 aliphatic heterocycles. The lowest BCUT2D eigenvalue weighted by atomic mass is 10.1. The van der Waals surface area contributed by atoms with E-state index in [-0.39, 0.29) is 17.5 Å². The van der Waals surface area contributed by atoms with Gasteiger partial charge in [0.15, 0.2) is 11.6 Å². The number of carboxylic acid groups (broad SMARTS) is 1. The first-order valence-corrected chi connectivity index (χ1v) is 10.4. The predicted molar refractivity (Wildman–Crippen MR) is 105 cm³/mol. The molecule has 1 atom stereocenters. The van der Waals surface area contributed by atoms with Crippen molar-refractivity contribution in [2.45, 2.75) is 64.3 Å². The number of nitrogens with zero attached hydrogens (tertiary/aromatic N) is 3. The van der Waals surface area contributed by atoms with Gasteiger partial charge < -0.3 is 14.4 Å². The summed E-state index contributed by atoms with van der Waals surface area (Å²) in [6.45, 7) is 3.11. The molecule has 0 radical (unpaired) electrons. The van der Waals surface area contributed by atoms with Crippen LogP contribution < -0.4 is 4.74 Å². The molecule has 1 amide bonds. The Labute approximate surface area is 169 Å². The maximum absolute atomic E-state index is 14.4. The SMILES string of the molecule is CCCCCCCCOc1ccc(-c2noc(C3CCCN3C(=O)O)n2)cc1F. The second-order valence-corrected chi connectivity index (χ2v) is 7.35. The van der Waals surface area contributed by atoms with Gasteiger partial charge in [0.05, 0.1) is 6.61 Å². The van der Waals surface area contributed by atoms with E-state index in [1.165, 1.54) is 36.6 Å². The highest BCUT2D eigenvalue weighted by molar-refractivity contribution is 5.66. The first-order chi connectivity index (χ1) is 14.1. The Balaban J connectivity index is 1.56. The standard InChI is InChI=1S/C21H28FN3O4/c1-2-3-4-5-6-7-13-28-18-11-10-15(14-16(18)22)19-23-20(29-24-19)17-9-8-12-25(17)21(26)27/h10-11,14,17H,2-9,12-13H2,1H3,(H,26,27). The Morgan fingerprint density at radius 1 is 1.31 bits per heavy atom. The summed E-state index contributed by atoms with van der Waals surface area (Å²) in [6.07, 6.45) is 7.24. The second-order valence-electron chi connectivity index (χ2n) is 7.35. The topological polar surface area (TPSA) is 88.7 Å². The Bertz CT molecular complexity index is 811. The molecule has 0 saturated carbocycles. The second kappa shape index (κ2) is 10.2. The lowest BCUT2D eigenvalue weighted by Crippen LogP contribution is -2.28. The zero-order valence-electron chi connectivity index (χ0n) is 16.8. The number of carbonyl (C=O) groups is 1. The van der Waals surface area contributed by atoms with Crippen LogP contribution in [0, 0.1) is 5.82 Å². The summed E-state index contributed by atoms with van der Waals surface area (Å²) in [7, 11) is 0. The summed E-state index contributed by atoms with van der Waals surface area (Å²) >= 11 is 0.